The molecule has 0 spiro atoms. The van der Waals surface area contributed by atoms with E-state index >= 15 is 0 Å². The lowest BCUT2D eigenvalue weighted by atomic mass is 9.45. The van der Waals surface area contributed by atoms with Crippen molar-refractivity contribution in [2.24, 2.45) is 34.5 Å². The Labute approximate surface area is 155 Å². The maximum Gasteiger partial charge on any atom is 0.167 e. The fourth-order valence-electron chi connectivity index (χ4n) is 7.57. The number of hydrogen-bond donors (Lipinski definition) is 4. The summed E-state index contributed by atoms with van der Waals surface area (Å²) in [7, 11) is 0. The molecule has 0 radical (unpaired) electrons. The number of allylic oxidation sites excluding steroid dienone is 1. The highest BCUT2D eigenvalue weighted by Crippen LogP contribution is 2.68. The summed E-state index contributed by atoms with van der Waals surface area (Å²) in [6, 6.07) is 0. The molecule has 0 aromatic rings. The van der Waals surface area contributed by atoms with Crippen LogP contribution >= 0.6 is 0 Å². The monoisotopic (exact) mass is 364 g/mol. The molecule has 0 aromatic heterocycles. The van der Waals surface area contributed by atoms with Gasteiger partial charge in [-0.2, -0.15) is 0 Å². The molecule has 5 heteroatoms. The SMILES string of the molecule is CC(=O)C1CCC2C3CC=C4CC(O)(O)CCC4(C)C3C(O)(O)CC12C. The van der Waals surface area contributed by atoms with Crippen LogP contribution in [0.3, 0.4) is 0 Å². The lowest BCUT2D eigenvalue weighted by molar-refractivity contribution is -0.297. The maximum atomic E-state index is 12.2. The molecule has 5 nitrogen and oxygen atoms in total. The Balaban J connectivity index is 1.77. The van der Waals surface area contributed by atoms with Crippen LogP contribution in [0, 0.1) is 34.5 Å². The molecule has 0 saturated heterocycles. The minimum Gasteiger partial charge on any atom is -0.365 e. The molecule has 4 rings (SSSR count). The molecular formula is C21H32O5. The molecule has 0 aromatic carbocycles. The number of aliphatic hydroxyl groups is 4. The summed E-state index contributed by atoms with van der Waals surface area (Å²) in [4.78, 5) is 12.2. The van der Waals surface area contributed by atoms with Crippen molar-refractivity contribution in [3.05, 3.63) is 11.6 Å². The zero-order valence-electron chi connectivity index (χ0n) is 16.0. The normalized spacial score (nSPS) is 48.8. The Morgan fingerprint density at radius 3 is 2.46 bits per heavy atom. The standard InChI is InChI=1S/C21H32O5/c1-12(22)15-6-7-16-14-5-4-13-10-20(23,24)9-8-18(13,2)17(14)21(25,26)11-19(15,16)3/h4,14-17,23-26H,5-11H2,1-3H3. The van der Waals surface area contributed by atoms with Crippen molar-refractivity contribution >= 4 is 5.78 Å². The van der Waals surface area contributed by atoms with Crippen LogP contribution in [0.5, 0.6) is 0 Å². The molecule has 0 amide bonds. The minimum atomic E-state index is -1.84. The Kier molecular flexibility index (Phi) is 3.87. The molecule has 3 saturated carbocycles. The van der Waals surface area contributed by atoms with Crippen molar-refractivity contribution in [3.8, 4) is 0 Å². The van der Waals surface area contributed by atoms with Crippen molar-refractivity contribution in [3.63, 3.8) is 0 Å². The number of ketones is 1. The molecule has 0 heterocycles. The van der Waals surface area contributed by atoms with Crippen molar-refractivity contribution in [1.82, 2.24) is 0 Å². The maximum absolute atomic E-state index is 12.2. The van der Waals surface area contributed by atoms with Crippen LogP contribution in [0.15, 0.2) is 11.6 Å². The Hall–Kier alpha value is -0.750. The van der Waals surface area contributed by atoms with Gasteiger partial charge in [-0.1, -0.05) is 25.5 Å². The first kappa shape index (κ1) is 18.6. The molecule has 26 heavy (non-hydrogen) atoms. The highest BCUT2D eigenvalue weighted by Gasteiger charge is 2.67. The predicted molar refractivity (Wildman–Crippen MR) is 95.6 cm³/mol. The second kappa shape index (κ2) is 5.40. The van der Waals surface area contributed by atoms with Gasteiger partial charge in [0, 0.05) is 31.1 Å². The highest BCUT2D eigenvalue weighted by atomic mass is 16.5. The zero-order chi connectivity index (χ0) is 19.1. The molecule has 0 aliphatic heterocycles. The van der Waals surface area contributed by atoms with E-state index in [4.69, 9.17) is 0 Å². The average molecular weight is 364 g/mol. The van der Waals surface area contributed by atoms with Gasteiger partial charge in [0.25, 0.3) is 0 Å². The number of carbonyl (C=O) groups is 1. The Bertz CT molecular complexity index is 665. The lowest BCUT2D eigenvalue weighted by Crippen LogP contribution is -2.63. The van der Waals surface area contributed by atoms with E-state index in [0.717, 1.165) is 24.8 Å². The van der Waals surface area contributed by atoms with Crippen LogP contribution in [0.25, 0.3) is 0 Å². The van der Waals surface area contributed by atoms with Crippen LogP contribution in [-0.2, 0) is 4.79 Å². The smallest absolute Gasteiger partial charge is 0.167 e. The van der Waals surface area contributed by atoms with Crippen molar-refractivity contribution in [2.75, 3.05) is 0 Å². The molecule has 0 bridgehead atoms. The molecule has 4 aliphatic rings. The number of rotatable bonds is 1. The third-order valence-electron chi connectivity index (χ3n) is 8.56. The van der Waals surface area contributed by atoms with E-state index < -0.39 is 17.0 Å². The van der Waals surface area contributed by atoms with Crippen LogP contribution in [0.2, 0.25) is 0 Å². The van der Waals surface area contributed by atoms with E-state index in [1.807, 2.05) is 0 Å². The first-order valence-corrected chi connectivity index (χ1v) is 10.0. The second-order valence-corrected chi connectivity index (χ2v) is 10.1. The summed E-state index contributed by atoms with van der Waals surface area (Å²) in [6.07, 6.45) is 5.82. The van der Waals surface area contributed by atoms with Gasteiger partial charge in [0.15, 0.2) is 11.6 Å². The van der Waals surface area contributed by atoms with Gasteiger partial charge in [-0.15, -0.1) is 0 Å². The summed E-state index contributed by atoms with van der Waals surface area (Å²) >= 11 is 0. The predicted octanol–water partition coefficient (Wildman–Crippen LogP) is 2.13. The highest BCUT2D eigenvalue weighted by molar-refractivity contribution is 5.79. The summed E-state index contributed by atoms with van der Waals surface area (Å²) in [6.45, 7) is 5.76. The van der Waals surface area contributed by atoms with Crippen LogP contribution in [-0.4, -0.2) is 37.8 Å². The number of Topliss-reactive ketones (excluding diaryl/α,β-unsaturated/α-hetero) is 1. The summed E-state index contributed by atoms with van der Waals surface area (Å²) in [5.74, 6) is -3.38. The number of hydrogen-bond acceptors (Lipinski definition) is 5. The van der Waals surface area contributed by atoms with E-state index in [-0.39, 0.29) is 48.2 Å². The van der Waals surface area contributed by atoms with Gasteiger partial charge in [-0.05, 0) is 55.3 Å². The molecule has 6 unspecified atom stereocenters. The van der Waals surface area contributed by atoms with E-state index in [1.54, 1.807) is 6.92 Å². The van der Waals surface area contributed by atoms with E-state index in [9.17, 15) is 25.2 Å². The number of fused-ring (bicyclic) bond motifs is 5. The van der Waals surface area contributed by atoms with Crippen LogP contribution in [0.4, 0.5) is 0 Å². The minimum absolute atomic E-state index is 0.0980. The zero-order valence-corrected chi connectivity index (χ0v) is 16.0. The topological polar surface area (TPSA) is 98.0 Å². The van der Waals surface area contributed by atoms with Crippen LogP contribution < -0.4 is 0 Å². The third kappa shape index (κ3) is 2.40. The van der Waals surface area contributed by atoms with Gasteiger partial charge >= 0.3 is 0 Å². The van der Waals surface area contributed by atoms with Crippen LogP contribution in [0.1, 0.15) is 65.7 Å². The lowest BCUT2D eigenvalue weighted by Gasteiger charge is -2.62. The molecule has 146 valence electrons. The van der Waals surface area contributed by atoms with Gasteiger partial charge in [0.2, 0.25) is 0 Å². The molecular weight excluding hydrogens is 332 g/mol. The van der Waals surface area contributed by atoms with E-state index in [1.165, 1.54) is 0 Å². The first-order valence-electron chi connectivity index (χ1n) is 10.0. The number of carbonyl (C=O) groups excluding carboxylic acids is 1. The molecule has 6 atom stereocenters. The quantitative estimate of drug-likeness (QED) is 0.422. The molecule has 4 N–H and O–H groups in total. The van der Waals surface area contributed by atoms with Gasteiger partial charge < -0.3 is 20.4 Å². The molecule has 3 fully saturated rings. The Morgan fingerprint density at radius 2 is 1.81 bits per heavy atom. The first-order chi connectivity index (χ1) is 11.9. The largest absolute Gasteiger partial charge is 0.365 e. The summed E-state index contributed by atoms with van der Waals surface area (Å²) in [5.41, 5.74) is 0.147. The van der Waals surface area contributed by atoms with E-state index in [2.05, 4.69) is 19.9 Å². The third-order valence-corrected chi connectivity index (χ3v) is 8.56. The van der Waals surface area contributed by atoms with Gasteiger partial charge in [0.1, 0.15) is 5.78 Å². The second-order valence-electron chi connectivity index (χ2n) is 10.1. The summed E-state index contributed by atoms with van der Waals surface area (Å²) in [5, 5.41) is 42.6. The molecule has 4 aliphatic carbocycles. The van der Waals surface area contributed by atoms with Gasteiger partial charge in [-0.3, -0.25) is 4.79 Å². The van der Waals surface area contributed by atoms with Crippen molar-refractivity contribution in [1.29, 1.82) is 0 Å². The average Bonchev–Trinajstić information content (AvgIpc) is 2.83. The summed E-state index contributed by atoms with van der Waals surface area (Å²) < 4.78 is 0. The van der Waals surface area contributed by atoms with Crippen molar-refractivity contribution < 1.29 is 25.2 Å². The van der Waals surface area contributed by atoms with Gasteiger partial charge in [-0.25, -0.2) is 0 Å². The fraction of sp³-hybridized carbons (Fsp3) is 0.857. The fourth-order valence-corrected chi connectivity index (χ4v) is 7.57. The van der Waals surface area contributed by atoms with E-state index in [0.29, 0.717) is 12.3 Å². The van der Waals surface area contributed by atoms with Gasteiger partial charge in [0.05, 0.1) is 0 Å². The van der Waals surface area contributed by atoms with Crippen molar-refractivity contribution in [2.45, 2.75) is 77.3 Å². The Morgan fingerprint density at radius 1 is 1.12 bits per heavy atom.